The minimum absolute atomic E-state index is 0.0483. The first-order valence-electron chi connectivity index (χ1n) is 9.05. The molecule has 0 heterocycles. The van der Waals surface area contributed by atoms with Gasteiger partial charge in [0.25, 0.3) is 0 Å². The Bertz CT molecular complexity index is 755. The molecule has 2 aromatic carbocycles. The summed E-state index contributed by atoms with van der Waals surface area (Å²) in [6.45, 7) is 6.29. The summed E-state index contributed by atoms with van der Waals surface area (Å²) in [5.41, 5.74) is 4.73. The fourth-order valence-corrected chi connectivity index (χ4v) is 2.96. The van der Waals surface area contributed by atoms with E-state index >= 15 is 0 Å². The molecular formula is C22H29NO3. The van der Waals surface area contributed by atoms with Crippen LogP contribution in [0.5, 0.6) is 11.5 Å². The van der Waals surface area contributed by atoms with E-state index in [4.69, 9.17) is 9.47 Å². The van der Waals surface area contributed by atoms with Crippen molar-refractivity contribution in [2.45, 2.75) is 46.1 Å². The summed E-state index contributed by atoms with van der Waals surface area (Å²) in [5.74, 6) is 1.44. The highest BCUT2D eigenvalue weighted by molar-refractivity contribution is 5.76. The molecule has 0 aromatic heterocycles. The number of aryl methyl sites for hydroxylation is 3. The summed E-state index contributed by atoms with van der Waals surface area (Å²) in [7, 11) is 3.23. The van der Waals surface area contributed by atoms with E-state index in [9.17, 15) is 4.79 Å². The van der Waals surface area contributed by atoms with Crippen LogP contribution >= 0.6 is 0 Å². The lowest BCUT2D eigenvalue weighted by Crippen LogP contribution is -2.28. The maximum atomic E-state index is 12.4. The lowest BCUT2D eigenvalue weighted by Gasteiger charge is -2.19. The minimum Gasteiger partial charge on any atom is -0.493 e. The van der Waals surface area contributed by atoms with Gasteiger partial charge in [0.05, 0.1) is 20.3 Å². The maximum absolute atomic E-state index is 12.4. The molecule has 0 aliphatic heterocycles. The van der Waals surface area contributed by atoms with Gasteiger partial charge in [0.1, 0.15) is 0 Å². The maximum Gasteiger partial charge on any atom is 0.220 e. The lowest BCUT2D eigenvalue weighted by molar-refractivity contribution is -0.121. The Morgan fingerprint density at radius 2 is 1.73 bits per heavy atom. The Morgan fingerprint density at radius 1 is 1.00 bits per heavy atom. The summed E-state index contributed by atoms with van der Waals surface area (Å²) >= 11 is 0. The first-order valence-corrected chi connectivity index (χ1v) is 9.05. The van der Waals surface area contributed by atoms with Crippen LogP contribution in [-0.2, 0) is 11.2 Å². The molecule has 0 aliphatic carbocycles. The number of hydrogen-bond acceptors (Lipinski definition) is 3. The van der Waals surface area contributed by atoms with Crippen LogP contribution in [0.4, 0.5) is 0 Å². The summed E-state index contributed by atoms with van der Waals surface area (Å²) < 4.78 is 10.6. The Balaban J connectivity index is 1.97. The second kappa shape index (κ2) is 9.27. The highest BCUT2D eigenvalue weighted by Crippen LogP contribution is 2.28. The molecule has 2 aromatic rings. The van der Waals surface area contributed by atoms with E-state index in [1.54, 1.807) is 14.2 Å². The van der Waals surface area contributed by atoms with Crippen molar-refractivity contribution in [3.8, 4) is 11.5 Å². The summed E-state index contributed by atoms with van der Waals surface area (Å²) in [5, 5.41) is 3.16. The third-order valence-corrected chi connectivity index (χ3v) is 4.77. The van der Waals surface area contributed by atoms with Crippen molar-refractivity contribution in [2.24, 2.45) is 0 Å². The average Bonchev–Trinajstić information content (AvgIpc) is 2.66. The molecule has 1 N–H and O–H groups in total. The zero-order valence-corrected chi connectivity index (χ0v) is 16.4. The largest absolute Gasteiger partial charge is 0.493 e. The molecule has 0 unspecified atom stereocenters. The van der Waals surface area contributed by atoms with Gasteiger partial charge < -0.3 is 14.8 Å². The average molecular weight is 355 g/mol. The zero-order chi connectivity index (χ0) is 19.1. The highest BCUT2D eigenvalue weighted by atomic mass is 16.5. The van der Waals surface area contributed by atoms with Crippen LogP contribution in [0, 0.1) is 13.8 Å². The Kier molecular flexibility index (Phi) is 7.07. The Labute approximate surface area is 156 Å². The van der Waals surface area contributed by atoms with Crippen LogP contribution in [-0.4, -0.2) is 20.1 Å². The summed E-state index contributed by atoms with van der Waals surface area (Å²) in [4.78, 5) is 12.4. The molecule has 0 aliphatic rings. The molecule has 2 rings (SSSR count). The molecule has 4 nitrogen and oxygen atoms in total. The normalized spacial score (nSPS) is 11.7. The third-order valence-electron chi connectivity index (χ3n) is 4.77. The van der Waals surface area contributed by atoms with E-state index < -0.39 is 0 Å². The van der Waals surface area contributed by atoms with Gasteiger partial charge in [0.15, 0.2) is 11.5 Å². The molecule has 0 bridgehead atoms. The number of carbonyl (C=O) groups is 1. The predicted octanol–water partition coefficient (Wildman–Crippen LogP) is 4.52. The molecule has 0 saturated carbocycles. The Morgan fingerprint density at radius 3 is 2.35 bits per heavy atom. The Hall–Kier alpha value is -2.49. The van der Waals surface area contributed by atoms with E-state index in [0.29, 0.717) is 24.3 Å². The van der Waals surface area contributed by atoms with Gasteiger partial charge in [-0.1, -0.05) is 31.2 Å². The predicted molar refractivity (Wildman–Crippen MR) is 105 cm³/mol. The summed E-state index contributed by atoms with van der Waals surface area (Å²) in [6.07, 6.45) is 1.97. The molecule has 0 spiro atoms. The van der Waals surface area contributed by atoms with E-state index in [-0.39, 0.29) is 11.9 Å². The van der Waals surface area contributed by atoms with Crippen LogP contribution in [0.25, 0.3) is 0 Å². The van der Waals surface area contributed by atoms with Crippen LogP contribution in [0.2, 0.25) is 0 Å². The van der Waals surface area contributed by atoms with Gasteiger partial charge in [-0.05, 0) is 61.1 Å². The third kappa shape index (κ3) is 5.01. The van der Waals surface area contributed by atoms with Crippen molar-refractivity contribution in [2.75, 3.05) is 14.2 Å². The number of hydrogen-bond donors (Lipinski definition) is 1. The van der Waals surface area contributed by atoms with Crippen molar-refractivity contribution in [3.63, 3.8) is 0 Å². The second-order valence-electron chi connectivity index (χ2n) is 6.56. The minimum atomic E-state index is 0.0483. The molecular weight excluding hydrogens is 326 g/mol. The van der Waals surface area contributed by atoms with E-state index in [0.717, 1.165) is 17.5 Å². The monoisotopic (exact) mass is 355 g/mol. The first kappa shape index (κ1) is 19.8. The topological polar surface area (TPSA) is 47.6 Å². The molecule has 140 valence electrons. The van der Waals surface area contributed by atoms with Gasteiger partial charge in [-0.25, -0.2) is 0 Å². The van der Waals surface area contributed by atoms with E-state index in [1.165, 1.54) is 11.1 Å². The number of rotatable bonds is 8. The lowest BCUT2D eigenvalue weighted by atomic mass is 9.99. The second-order valence-corrected chi connectivity index (χ2v) is 6.56. The van der Waals surface area contributed by atoms with Crippen LogP contribution in [0.1, 0.15) is 48.1 Å². The number of ether oxygens (including phenoxy) is 2. The first-order chi connectivity index (χ1) is 12.5. The van der Waals surface area contributed by atoms with Crippen LogP contribution in [0.3, 0.4) is 0 Å². The van der Waals surface area contributed by atoms with Crippen molar-refractivity contribution in [1.82, 2.24) is 5.32 Å². The van der Waals surface area contributed by atoms with Gasteiger partial charge in [-0.3, -0.25) is 4.79 Å². The standard InChI is InChI=1S/C22H29NO3/c1-6-19(18-10-7-15(2)16(3)13-18)23-22(24)12-9-17-8-11-20(25-4)21(14-17)26-5/h7-8,10-11,13-14,19H,6,9,12H2,1-5H3,(H,23,24)/t19-/m0/s1. The van der Waals surface area contributed by atoms with Crippen molar-refractivity contribution < 1.29 is 14.3 Å². The SMILES string of the molecule is CC[C@H](NC(=O)CCc1ccc(OC)c(OC)c1)c1ccc(C)c(C)c1. The van der Waals surface area contributed by atoms with E-state index in [2.05, 4.69) is 44.3 Å². The molecule has 1 atom stereocenters. The molecule has 0 radical (unpaired) electrons. The van der Waals surface area contributed by atoms with Gasteiger partial charge in [-0.2, -0.15) is 0 Å². The van der Waals surface area contributed by atoms with Gasteiger partial charge in [-0.15, -0.1) is 0 Å². The van der Waals surface area contributed by atoms with Crippen molar-refractivity contribution >= 4 is 5.91 Å². The van der Waals surface area contributed by atoms with Crippen LogP contribution < -0.4 is 14.8 Å². The van der Waals surface area contributed by atoms with Gasteiger partial charge in [0.2, 0.25) is 5.91 Å². The highest BCUT2D eigenvalue weighted by Gasteiger charge is 2.14. The number of benzene rings is 2. The quantitative estimate of drug-likeness (QED) is 0.757. The molecule has 4 heteroatoms. The number of amides is 1. The molecule has 1 amide bonds. The fourth-order valence-electron chi connectivity index (χ4n) is 2.96. The number of methoxy groups -OCH3 is 2. The van der Waals surface area contributed by atoms with Crippen molar-refractivity contribution in [1.29, 1.82) is 0 Å². The number of nitrogens with one attached hydrogen (secondary N) is 1. The van der Waals surface area contributed by atoms with Gasteiger partial charge in [0, 0.05) is 6.42 Å². The van der Waals surface area contributed by atoms with E-state index in [1.807, 2.05) is 18.2 Å². The molecule has 0 saturated heterocycles. The molecule has 26 heavy (non-hydrogen) atoms. The van der Waals surface area contributed by atoms with Crippen LogP contribution in [0.15, 0.2) is 36.4 Å². The number of carbonyl (C=O) groups excluding carboxylic acids is 1. The smallest absolute Gasteiger partial charge is 0.220 e. The summed E-state index contributed by atoms with van der Waals surface area (Å²) in [6, 6.07) is 12.2. The fraction of sp³-hybridized carbons (Fsp3) is 0.409. The van der Waals surface area contributed by atoms with Gasteiger partial charge >= 0.3 is 0 Å². The zero-order valence-electron chi connectivity index (χ0n) is 16.4. The molecule has 0 fully saturated rings. The van der Waals surface area contributed by atoms with Crippen molar-refractivity contribution in [3.05, 3.63) is 58.7 Å².